The highest BCUT2D eigenvalue weighted by Gasteiger charge is 2.37. The van der Waals surface area contributed by atoms with Gasteiger partial charge in [-0.2, -0.15) is 0 Å². The molecule has 0 saturated carbocycles. The first-order chi connectivity index (χ1) is 30.5. The van der Waals surface area contributed by atoms with Crippen molar-refractivity contribution < 1.29 is 37.9 Å². The summed E-state index contributed by atoms with van der Waals surface area (Å²) in [5.41, 5.74) is 7.57. The van der Waals surface area contributed by atoms with Crippen LogP contribution in [0.3, 0.4) is 0 Å². The highest BCUT2D eigenvalue weighted by Crippen LogP contribution is 2.39. The SMILES string of the molecule is CC1(COc2ccc(/C=C/c3ccc(N(c4ccccc4)c4ccc(/C=C/c5ccc(OCC6(C)COC6)c(OCC6(C)COC6)c5)cc4)cc3)cc2OCC2(C)COC2)COC1. The van der Waals surface area contributed by atoms with E-state index in [2.05, 4.69) is 154 Å². The van der Waals surface area contributed by atoms with Gasteiger partial charge in [-0.15, -0.1) is 0 Å². The van der Waals surface area contributed by atoms with Crippen LogP contribution in [0.25, 0.3) is 24.3 Å². The van der Waals surface area contributed by atoms with E-state index < -0.39 is 0 Å². The topological polar surface area (TPSA) is 77.1 Å². The highest BCUT2D eigenvalue weighted by molar-refractivity contribution is 5.79. The summed E-state index contributed by atoms with van der Waals surface area (Å²) in [6.45, 7) is 16.7. The van der Waals surface area contributed by atoms with E-state index in [0.717, 1.165) is 62.3 Å². The van der Waals surface area contributed by atoms with Gasteiger partial charge < -0.3 is 42.8 Å². The summed E-state index contributed by atoms with van der Waals surface area (Å²) in [6, 6.07) is 40.1. The minimum absolute atomic E-state index is 0.0183. The molecule has 5 aromatic rings. The van der Waals surface area contributed by atoms with E-state index in [4.69, 9.17) is 37.9 Å². The van der Waals surface area contributed by atoms with Gasteiger partial charge in [0.15, 0.2) is 23.0 Å². The third kappa shape index (κ3) is 10.5. The summed E-state index contributed by atoms with van der Waals surface area (Å²) >= 11 is 0. The first kappa shape index (κ1) is 42.7. The first-order valence-electron chi connectivity index (χ1n) is 22.0. The van der Waals surface area contributed by atoms with E-state index in [1.54, 1.807) is 0 Å². The fraction of sp³-hybridized carbons (Fsp3) is 0.370. The smallest absolute Gasteiger partial charge is 0.161 e. The molecular weight excluding hydrogens is 791 g/mol. The van der Waals surface area contributed by atoms with Crippen molar-refractivity contribution in [1.29, 1.82) is 0 Å². The summed E-state index contributed by atoms with van der Waals surface area (Å²) < 4.78 is 47.1. The van der Waals surface area contributed by atoms with Crippen LogP contribution in [-0.2, 0) is 18.9 Å². The van der Waals surface area contributed by atoms with Gasteiger partial charge in [-0.3, -0.25) is 0 Å². The molecule has 4 aliphatic heterocycles. The Bertz CT molecular complexity index is 2230. The van der Waals surface area contributed by atoms with Crippen LogP contribution in [0.15, 0.2) is 115 Å². The minimum Gasteiger partial charge on any atom is -0.489 e. The Labute approximate surface area is 372 Å². The molecule has 0 N–H and O–H groups in total. The number of nitrogens with zero attached hydrogens (tertiary/aromatic N) is 1. The Morgan fingerprint density at radius 1 is 0.381 bits per heavy atom. The Balaban J connectivity index is 0.887. The molecule has 4 saturated heterocycles. The van der Waals surface area contributed by atoms with E-state index in [1.807, 2.05) is 18.2 Å². The maximum absolute atomic E-state index is 6.38. The van der Waals surface area contributed by atoms with Crippen LogP contribution in [0.5, 0.6) is 23.0 Å². The van der Waals surface area contributed by atoms with E-state index in [1.165, 1.54) is 0 Å². The number of hydrogen-bond donors (Lipinski definition) is 0. The lowest BCUT2D eigenvalue weighted by atomic mass is 9.90. The fourth-order valence-corrected chi connectivity index (χ4v) is 7.74. The third-order valence-corrected chi connectivity index (χ3v) is 12.1. The number of benzene rings is 5. The number of anilines is 3. The molecule has 0 radical (unpaired) electrons. The normalized spacial score (nSPS) is 19.0. The second-order valence-corrected chi connectivity index (χ2v) is 19.3. The van der Waals surface area contributed by atoms with Crippen LogP contribution in [-0.4, -0.2) is 79.3 Å². The average molecular weight is 850 g/mol. The van der Waals surface area contributed by atoms with Gasteiger partial charge in [0.1, 0.15) is 0 Å². The number of hydrogen-bond acceptors (Lipinski definition) is 9. The summed E-state index contributed by atoms with van der Waals surface area (Å²) in [7, 11) is 0. The molecular formula is C54H59NO8. The molecule has 0 unspecified atom stereocenters. The maximum Gasteiger partial charge on any atom is 0.161 e. The monoisotopic (exact) mass is 849 g/mol. The third-order valence-electron chi connectivity index (χ3n) is 12.1. The zero-order valence-electron chi connectivity index (χ0n) is 37.0. The molecule has 4 heterocycles. The largest absolute Gasteiger partial charge is 0.489 e. The van der Waals surface area contributed by atoms with Crippen molar-refractivity contribution in [3.63, 3.8) is 0 Å². The number of ether oxygens (including phenoxy) is 8. The first-order valence-corrected chi connectivity index (χ1v) is 22.0. The molecule has 0 spiro atoms. The predicted octanol–water partition coefficient (Wildman–Crippen LogP) is 11.2. The molecule has 328 valence electrons. The van der Waals surface area contributed by atoms with Crippen LogP contribution < -0.4 is 23.8 Å². The van der Waals surface area contributed by atoms with Crippen molar-refractivity contribution in [2.45, 2.75) is 27.7 Å². The molecule has 4 aliphatic rings. The standard InChI is InChI=1S/C54H59NO8/c1-51(28-56-29-51)36-60-47-24-18-42(26-49(47)62-38-53(3)32-58-33-53)12-10-40-14-20-45(21-15-40)55(44-8-6-5-7-9-44)46-22-16-41(17-23-46)11-13-43-19-25-48(61-37-52(2)30-57-31-52)50(27-43)63-39-54(4)34-59-35-54/h5-27H,28-39H2,1-4H3/b12-10+,13-11+. The van der Waals surface area contributed by atoms with E-state index in [9.17, 15) is 0 Å². The van der Waals surface area contributed by atoms with E-state index in [0.29, 0.717) is 79.3 Å². The number of rotatable bonds is 19. The summed E-state index contributed by atoms with van der Waals surface area (Å²) in [5, 5.41) is 0. The van der Waals surface area contributed by atoms with Crippen molar-refractivity contribution >= 4 is 41.4 Å². The average Bonchev–Trinajstić information content (AvgIpc) is 3.26. The second-order valence-electron chi connectivity index (χ2n) is 19.3. The van der Waals surface area contributed by atoms with Gasteiger partial charge in [0, 0.05) is 38.7 Å². The Hall–Kier alpha value is -5.58. The van der Waals surface area contributed by atoms with Crippen molar-refractivity contribution in [3.8, 4) is 23.0 Å². The Morgan fingerprint density at radius 2 is 0.683 bits per heavy atom. The van der Waals surface area contributed by atoms with Gasteiger partial charge in [-0.1, -0.05) is 107 Å². The molecule has 9 rings (SSSR count). The molecule has 5 aromatic carbocycles. The van der Waals surface area contributed by atoms with Crippen LogP contribution in [0.4, 0.5) is 17.1 Å². The van der Waals surface area contributed by atoms with Gasteiger partial charge in [-0.25, -0.2) is 0 Å². The molecule has 0 amide bonds. The lowest BCUT2D eigenvalue weighted by Gasteiger charge is -2.38. The highest BCUT2D eigenvalue weighted by atomic mass is 16.6. The van der Waals surface area contributed by atoms with Crippen LogP contribution in [0.1, 0.15) is 49.9 Å². The van der Waals surface area contributed by atoms with Crippen LogP contribution in [0.2, 0.25) is 0 Å². The molecule has 4 fully saturated rings. The van der Waals surface area contributed by atoms with Gasteiger partial charge in [0.25, 0.3) is 0 Å². The van der Waals surface area contributed by atoms with E-state index in [-0.39, 0.29) is 21.7 Å². The van der Waals surface area contributed by atoms with Crippen LogP contribution >= 0.6 is 0 Å². The van der Waals surface area contributed by atoms with Gasteiger partial charge >= 0.3 is 0 Å². The fourth-order valence-electron chi connectivity index (χ4n) is 7.74. The van der Waals surface area contributed by atoms with Crippen molar-refractivity contribution in [2.75, 3.05) is 84.2 Å². The van der Waals surface area contributed by atoms with E-state index >= 15 is 0 Å². The lowest BCUT2D eigenvalue weighted by molar-refractivity contribution is -0.123. The lowest BCUT2D eigenvalue weighted by Crippen LogP contribution is -2.45. The second kappa shape index (κ2) is 18.3. The van der Waals surface area contributed by atoms with Gasteiger partial charge in [0.05, 0.1) is 79.3 Å². The summed E-state index contributed by atoms with van der Waals surface area (Å²) in [6.07, 6.45) is 8.51. The van der Waals surface area contributed by atoms with Crippen LogP contribution in [0, 0.1) is 21.7 Å². The predicted molar refractivity (Wildman–Crippen MR) is 250 cm³/mol. The molecule has 0 atom stereocenters. The van der Waals surface area contributed by atoms with Crippen molar-refractivity contribution in [2.24, 2.45) is 21.7 Å². The van der Waals surface area contributed by atoms with Crippen molar-refractivity contribution in [1.82, 2.24) is 0 Å². The summed E-state index contributed by atoms with van der Waals surface area (Å²) in [4.78, 5) is 2.28. The van der Waals surface area contributed by atoms with Gasteiger partial charge in [-0.05, 0) is 82.9 Å². The maximum atomic E-state index is 6.38. The molecule has 63 heavy (non-hydrogen) atoms. The summed E-state index contributed by atoms with van der Waals surface area (Å²) in [5.74, 6) is 3.00. The molecule has 9 heteroatoms. The zero-order valence-corrected chi connectivity index (χ0v) is 37.0. The molecule has 0 aliphatic carbocycles. The molecule has 9 nitrogen and oxygen atoms in total. The van der Waals surface area contributed by atoms with Crippen molar-refractivity contribution in [3.05, 3.63) is 138 Å². The Morgan fingerprint density at radius 3 is 1.02 bits per heavy atom. The molecule has 0 aromatic heterocycles. The van der Waals surface area contributed by atoms with Gasteiger partial charge in [0.2, 0.25) is 0 Å². The quantitative estimate of drug-likeness (QED) is 0.0755. The Kier molecular flexibility index (Phi) is 12.4. The molecule has 0 bridgehead atoms. The number of para-hydroxylation sites is 1. The zero-order chi connectivity index (χ0) is 43.3. The minimum atomic E-state index is 0.0183.